The van der Waals surface area contributed by atoms with Gasteiger partial charge in [-0.1, -0.05) is 18.7 Å². The average Bonchev–Trinajstić information content (AvgIpc) is 3.14. The summed E-state index contributed by atoms with van der Waals surface area (Å²) in [7, 11) is 1.63. The van der Waals surface area contributed by atoms with Gasteiger partial charge in [-0.2, -0.15) is 4.68 Å². The number of benzene rings is 1. The van der Waals surface area contributed by atoms with E-state index in [2.05, 4.69) is 22.4 Å². The molecule has 8 heteroatoms. The zero-order chi connectivity index (χ0) is 17.6. The normalized spacial score (nSPS) is 17.5. The lowest BCUT2D eigenvalue weighted by Crippen LogP contribution is -2.44. The van der Waals surface area contributed by atoms with Crippen molar-refractivity contribution >= 4 is 17.7 Å². The van der Waals surface area contributed by atoms with Gasteiger partial charge in [0.2, 0.25) is 11.1 Å². The van der Waals surface area contributed by atoms with Gasteiger partial charge in [-0.3, -0.25) is 4.79 Å². The number of aromatic nitrogens is 4. The minimum Gasteiger partial charge on any atom is -0.497 e. The predicted molar refractivity (Wildman–Crippen MR) is 96.1 cm³/mol. The monoisotopic (exact) mass is 361 g/mol. The Morgan fingerprint density at radius 3 is 2.84 bits per heavy atom. The SMILES string of the molecule is CC[C@H]1CCCCN1C(=O)CSc1nnnn1-c1ccc(OC)cc1. The number of amides is 1. The number of hydrogen-bond donors (Lipinski definition) is 0. The van der Waals surface area contributed by atoms with E-state index in [0.717, 1.165) is 37.2 Å². The summed E-state index contributed by atoms with van der Waals surface area (Å²) in [4.78, 5) is 14.6. The van der Waals surface area contributed by atoms with Crippen molar-refractivity contribution in [3.05, 3.63) is 24.3 Å². The van der Waals surface area contributed by atoms with Crippen LogP contribution < -0.4 is 4.74 Å². The quantitative estimate of drug-likeness (QED) is 0.736. The molecule has 0 unspecified atom stereocenters. The van der Waals surface area contributed by atoms with Gasteiger partial charge in [0.05, 0.1) is 18.6 Å². The summed E-state index contributed by atoms with van der Waals surface area (Å²) < 4.78 is 6.81. The number of methoxy groups -OCH3 is 1. The Hall–Kier alpha value is -2.09. The summed E-state index contributed by atoms with van der Waals surface area (Å²) >= 11 is 1.38. The average molecular weight is 361 g/mol. The summed E-state index contributed by atoms with van der Waals surface area (Å²) in [6.45, 7) is 3.01. The molecule has 1 aromatic carbocycles. The van der Waals surface area contributed by atoms with Gasteiger partial charge in [0.25, 0.3) is 0 Å². The molecule has 0 aliphatic carbocycles. The number of rotatable bonds is 6. The van der Waals surface area contributed by atoms with E-state index in [1.165, 1.54) is 18.2 Å². The Morgan fingerprint density at radius 2 is 2.12 bits per heavy atom. The first-order chi connectivity index (χ1) is 12.2. The van der Waals surface area contributed by atoms with Crippen LogP contribution in [0.25, 0.3) is 5.69 Å². The van der Waals surface area contributed by atoms with Crippen LogP contribution in [0.4, 0.5) is 0 Å². The molecule has 1 amide bonds. The van der Waals surface area contributed by atoms with Crippen molar-refractivity contribution < 1.29 is 9.53 Å². The van der Waals surface area contributed by atoms with Crippen LogP contribution in [0.5, 0.6) is 5.75 Å². The smallest absolute Gasteiger partial charge is 0.233 e. The minimum absolute atomic E-state index is 0.167. The third-order valence-electron chi connectivity index (χ3n) is 4.50. The number of carbonyl (C=O) groups excluding carboxylic acids is 1. The lowest BCUT2D eigenvalue weighted by Gasteiger charge is -2.35. The van der Waals surface area contributed by atoms with Crippen LogP contribution >= 0.6 is 11.8 Å². The molecule has 0 saturated carbocycles. The molecule has 3 rings (SSSR count). The fourth-order valence-corrected chi connectivity index (χ4v) is 3.89. The number of likely N-dealkylation sites (tertiary alicyclic amines) is 1. The molecule has 0 spiro atoms. The lowest BCUT2D eigenvalue weighted by molar-refractivity contribution is -0.132. The van der Waals surface area contributed by atoms with Gasteiger partial charge < -0.3 is 9.64 Å². The molecule has 7 nitrogen and oxygen atoms in total. The molecule has 1 atom stereocenters. The number of ether oxygens (including phenoxy) is 1. The predicted octanol–water partition coefficient (Wildman–Crippen LogP) is 2.55. The Kier molecular flexibility index (Phi) is 5.91. The lowest BCUT2D eigenvalue weighted by atomic mass is 10.0. The third kappa shape index (κ3) is 4.12. The van der Waals surface area contributed by atoms with Crippen LogP contribution in [-0.4, -0.2) is 56.5 Å². The molecular formula is C17H23N5O2S. The first-order valence-corrected chi connectivity index (χ1v) is 9.56. The maximum atomic E-state index is 12.6. The highest BCUT2D eigenvalue weighted by molar-refractivity contribution is 7.99. The van der Waals surface area contributed by atoms with Crippen LogP contribution in [0.15, 0.2) is 29.4 Å². The van der Waals surface area contributed by atoms with Crippen molar-refractivity contribution in [2.24, 2.45) is 0 Å². The number of piperidine rings is 1. The zero-order valence-electron chi connectivity index (χ0n) is 14.6. The van der Waals surface area contributed by atoms with Crippen molar-refractivity contribution in [2.75, 3.05) is 19.4 Å². The Labute approximate surface area is 151 Å². The van der Waals surface area contributed by atoms with Crippen molar-refractivity contribution in [1.29, 1.82) is 0 Å². The van der Waals surface area contributed by atoms with E-state index in [-0.39, 0.29) is 5.91 Å². The topological polar surface area (TPSA) is 73.1 Å². The molecule has 1 aromatic heterocycles. The molecule has 25 heavy (non-hydrogen) atoms. The second-order valence-electron chi connectivity index (χ2n) is 6.00. The van der Waals surface area contributed by atoms with Gasteiger partial charge in [0.1, 0.15) is 5.75 Å². The van der Waals surface area contributed by atoms with Gasteiger partial charge in [0.15, 0.2) is 0 Å². The maximum absolute atomic E-state index is 12.6. The summed E-state index contributed by atoms with van der Waals surface area (Å²) in [6, 6.07) is 7.86. The van der Waals surface area contributed by atoms with Crippen LogP contribution in [0.3, 0.4) is 0 Å². The molecule has 134 valence electrons. The number of tetrazole rings is 1. The molecule has 1 aliphatic rings. The standard InChI is InChI=1S/C17H23N5O2S/c1-3-13-6-4-5-11-21(13)16(23)12-25-17-18-19-20-22(17)14-7-9-15(24-2)10-8-14/h7-10,13H,3-6,11-12H2,1-2H3/t13-/m0/s1. The number of thioether (sulfide) groups is 1. The molecule has 0 bridgehead atoms. The Morgan fingerprint density at radius 1 is 1.32 bits per heavy atom. The Balaban J connectivity index is 1.65. The van der Waals surface area contributed by atoms with Crippen molar-refractivity contribution in [3.8, 4) is 11.4 Å². The first kappa shape index (κ1) is 17.7. The molecule has 1 fully saturated rings. The van der Waals surface area contributed by atoms with Gasteiger partial charge in [-0.25, -0.2) is 0 Å². The van der Waals surface area contributed by atoms with E-state index in [0.29, 0.717) is 17.0 Å². The fraction of sp³-hybridized carbons (Fsp3) is 0.529. The first-order valence-electron chi connectivity index (χ1n) is 8.58. The summed E-state index contributed by atoms with van der Waals surface area (Å²) in [5, 5.41) is 12.4. The van der Waals surface area contributed by atoms with Gasteiger partial charge in [-0.05, 0) is 60.4 Å². The maximum Gasteiger partial charge on any atom is 0.233 e. The van der Waals surface area contributed by atoms with Crippen LogP contribution in [0.1, 0.15) is 32.6 Å². The van der Waals surface area contributed by atoms with Crippen LogP contribution in [-0.2, 0) is 4.79 Å². The van der Waals surface area contributed by atoms with Crippen molar-refractivity contribution in [3.63, 3.8) is 0 Å². The van der Waals surface area contributed by atoms with E-state index < -0.39 is 0 Å². The van der Waals surface area contributed by atoms with E-state index in [4.69, 9.17) is 4.74 Å². The Bertz CT molecular complexity index is 703. The molecule has 1 saturated heterocycles. The summed E-state index contributed by atoms with van der Waals surface area (Å²) in [5.74, 6) is 1.30. The van der Waals surface area contributed by atoms with Gasteiger partial charge in [0, 0.05) is 12.6 Å². The van der Waals surface area contributed by atoms with Gasteiger partial charge >= 0.3 is 0 Å². The number of nitrogens with zero attached hydrogens (tertiary/aromatic N) is 5. The highest BCUT2D eigenvalue weighted by Gasteiger charge is 2.25. The van der Waals surface area contributed by atoms with Gasteiger partial charge in [-0.15, -0.1) is 5.10 Å². The summed E-state index contributed by atoms with van der Waals surface area (Å²) in [6.07, 6.45) is 4.43. The second-order valence-corrected chi connectivity index (χ2v) is 6.95. The fourth-order valence-electron chi connectivity index (χ4n) is 3.12. The van der Waals surface area contributed by atoms with E-state index >= 15 is 0 Å². The molecular weight excluding hydrogens is 338 g/mol. The molecule has 1 aliphatic heterocycles. The zero-order valence-corrected chi connectivity index (χ0v) is 15.4. The van der Waals surface area contributed by atoms with Crippen LogP contribution in [0.2, 0.25) is 0 Å². The van der Waals surface area contributed by atoms with E-state index in [9.17, 15) is 4.79 Å². The largest absolute Gasteiger partial charge is 0.497 e. The molecule has 2 aromatic rings. The molecule has 0 radical (unpaired) electrons. The molecule has 2 heterocycles. The highest BCUT2D eigenvalue weighted by Crippen LogP contribution is 2.24. The van der Waals surface area contributed by atoms with E-state index in [1.54, 1.807) is 11.8 Å². The number of carbonyl (C=O) groups is 1. The van der Waals surface area contributed by atoms with Crippen LogP contribution in [0, 0.1) is 0 Å². The summed E-state index contributed by atoms with van der Waals surface area (Å²) in [5.41, 5.74) is 0.838. The van der Waals surface area contributed by atoms with Crippen molar-refractivity contribution in [1.82, 2.24) is 25.1 Å². The number of hydrogen-bond acceptors (Lipinski definition) is 6. The second kappa shape index (κ2) is 8.33. The minimum atomic E-state index is 0.167. The van der Waals surface area contributed by atoms with Crippen molar-refractivity contribution in [2.45, 2.75) is 43.8 Å². The third-order valence-corrected chi connectivity index (χ3v) is 5.41. The highest BCUT2D eigenvalue weighted by atomic mass is 32.2. The van der Waals surface area contributed by atoms with E-state index in [1.807, 2.05) is 29.2 Å². The molecule has 0 N–H and O–H groups in total.